The molecule has 28 heavy (non-hydrogen) atoms. The van der Waals surface area contributed by atoms with E-state index in [9.17, 15) is 13.2 Å². The number of amides is 1. The van der Waals surface area contributed by atoms with Crippen LogP contribution in [0, 0.1) is 0 Å². The second kappa shape index (κ2) is 8.96. The number of anilines is 1. The molecule has 0 unspecified atom stereocenters. The normalized spacial score (nSPS) is 11.2. The fraction of sp³-hybridized carbons (Fsp3) is 0.158. The van der Waals surface area contributed by atoms with Gasteiger partial charge in [0.15, 0.2) is 5.13 Å². The summed E-state index contributed by atoms with van der Waals surface area (Å²) in [5.41, 5.74) is 1.15. The van der Waals surface area contributed by atoms with Crippen LogP contribution >= 0.6 is 11.3 Å². The van der Waals surface area contributed by atoms with Gasteiger partial charge in [-0.2, -0.15) is 0 Å². The lowest BCUT2D eigenvalue weighted by atomic mass is 10.1. The first-order valence-electron chi connectivity index (χ1n) is 8.42. The van der Waals surface area contributed by atoms with Gasteiger partial charge in [-0.05, 0) is 12.1 Å². The first-order chi connectivity index (χ1) is 13.5. The van der Waals surface area contributed by atoms with Crippen molar-refractivity contribution in [2.45, 2.75) is 4.90 Å². The number of rotatable bonds is 8. The lowest BCUT2D eigenvalue weighted by molar-refractivity contribution is 0.0941. The van der Waals surface area contributed by atoms with Crippen molar-refractivity contribution in [2.75, 3.05) is 25.0 Å². The van der Waals surface area contributed by atoms with E-state index in [4.69, 9.17) is 4.74 Å². The topological polar surface area (TPSA) is 97.4 Å². The zero-order chi connectivity index (χ0) is 20.0. The first-order valence-corrected chi connectivity index (χ1v) is 10.7. The molecule has 2 N–H and O–H groups in total. The molecule has 0 fully saturated rings. The minimum Gasteiger partial charge on any atom is -0.383 e. The minimum atomic E-state index is -3.80. The van der Waals surface area contributed by atoms with E-state index in [2.05, 4.69) is 15.0 Å². The quantitative estimate of drug-likeness (QED) is 0.549. The fourth-order valence-electron chi connectivity index (χ4n) is 2.43. The SMILES string of the molecule is COCCNC(=O)c1sc(NS(=O)(=O)c2ccccc2)nc1-c1ccccc1. The molecular weight excluding hydrogens is 398 g/mol. The van der Waals surface area contributed by atoms with E-state index in [0.717, 1.165) is 16.9 Å². The van der Waals surface area contributed by atoms with Crippen molar-refractivity contribution in [2.24, 2.45) is 0 Å². The van der Waals surface area contributed by atoms with Crippen molar-refractivity contribution < 1.29 is 17.9 Å². The van der Waals surface area contributed by atoms with E-state index in [-0.39, 0.29) is 15.9 Å². The summed E-state index contributed by atoms with van der Waals surface area (Å²) in [7, 11) is -2.25. The van der Waals surface area contributed by atoms with Crippen LogP contribution in [0.15, 0.2) is 65.6 Å². The Kier molecular flexibility index (Phi) is 6.40. The monoisotopic (exact) mass is 417 g/mol. The molecule has 2 aromatic carbocycles. The van der Waals surface area contributed by atoms with Gasteiger partial charge in [-0.1, -0.05) is 59.9 Å². The minimum absolute atomic E-state index is 0.123. The summed E-state index contributed by atoms with van der Waals surface area (Å²) < 4.78 is 32.6. The molecule has 1 amide bonds. The van der Waals surface area contributed by atoms with Crippen LogP contribution in [0.4, 0.5) is 5.13 Å². The van der Waals surface area contributed by atoms with Gasteiger partial charge in [-0.15, -0.1) is 0 Å². The molecule has 9 heteroatoms. The number of hydrogen-bond acceptors (Lipinski definition) is 6. The summed E-state index contributed by atoms with van der Waals surface area (Å²) >= 11 is 0.988. The van der Waals surface area contributed by atoms with Gasteiger partial charge in [0.2, 0.25) is 0 Å². The fourth-order valence-corrected chi connectivity index (χ4v) is 4.59. The van der Waals surface area contributed by atoms with Crippen molar-refractivity contribution in [1.29, 1.82) is 0 Å². The summed E-state index contributed by atoms with van der Waals surface area (Å²) in [6.07, 6.45) is 0. The summed E-state index contributed by atoms with van der Waals surface area (Å²) in [6, 6.07) is 17.1. The number of carbonyl (C=O) groups is 1. The molecule has 0 atom stereocenters. The van der Waals surface area contributed by atoms with Crippen molar-refractivity contribution in [3.63, 3.8) is 0 Å². The van der Waals surface area contributed by atoms with Gasteiger partial charge >= 0.3 is 0 Å². The smallest absolute Gasteiger partial charge is 0.263 e. The maximum Gasteiger partial charge on any atom is 0.263 e. The molecule has 7 nitrogen and oxygen atoms in total. The van der Waals surface area contributed by atoms with Crippen molar-refractivity contribution >= 4 is 32.4 Å². The molecule has 0 bridgehead atoms. The van der Waals surface area contributed by atoms with E-state index >= 15 is 0 Å². The standard InChI is InChI=1S/C19H19N3O4S2/c1-26-13-12-20-18(23)17-16(14-8-4-2-5-9-14)21-19(27-17)22-28(24,25)15-10-6-3-7-11-15/h2-11H,12-13H2,1H3,(H,20,23)(H,21,22). The predicted molar refractivity (Wildman–Crippen MR) is 109 cm³/mol. The average Bonchev–Trinajstić information content (AvgIpc) is 3.13. The van der Waals surface area contributed by atoms with Crippen molar-refractivity contribution in [3.8, 4) is 11.3 Å². The maximum absolute atomic E-state index is 12.6. The Morgan fingerprint density at radius 3 is 2.36 bits per heavy atom. The molecule has 0 radical (unpaired) electrons. The number of nitrogens with zero attached hydrogens (tertiary/aromatic N) is 1. The zero-order valence-corrected chi connectivity index (χ0v) is 16.7. The molecule has 0 aliphatic carbocycles. The highest BCUT2D eigenvalue weighted by molar-refractivity contribution is 7.93. The van der Waals surface area contributed by atoms with Crippen LogP contribution in [-0.2, 0) is 14.8 Å². The molecule has 3 rings (SSSR count). The number of sulfonamides is 1. The summed E-state index contributed by atoms with van der Waals surface area (Å²) in [5, 5.41) is 2.87. The number of hydrogen-bond donors (Lipinski definition) is 2. The van der Waals surface area contributed by atoms with E-state index in [1.807, 2.05) is 30.3 Å². The summed E-state index contributed by atoms with van der Waals surface area (Å²) in [5.74, 6) is -0.335. The number of methoxy groups -OCH3 is 1. The van der Waals surface area contributed by atoms with Crippen molar-refractivity contribution in [3.05, 3.63) is 65.5 Å². The van der Waals surface area contributed by atoms with Gasteiger partial charge in [0.1, 0.15) is 4.88 Å². The number of nitrogens with one attached hydrogen (secondary N) is 2. The van der Waals surface area contributed by atoms with E-state index in [1.54, 1.807) is 25.3 Å². The molecule has 0 saturated carbocycles. The lowest BCUT2D eigenvalue weighted by Crippen LogP contribution is -2.26. The number of carbonyl (C=O) groups excluding carboxylic acids is 1. The average molecular weight is 418 g/mol. The number of thiazole rings is 1. The Morgan fingerprint density at radius 2 is 1.71 bits per heavy atom. The van der Waals surface area contributed by atoms with Gasteiger partial charge in [0.25, 0.3) is 15.9 Å². The Balaban J connectivity index is 1.94. The molecule has 0 aliphatic rings. The maximum atomic E-state index is 12.6. The van der Waals surface area contributed by atoms with Gasteiger partial charge in [0, 0.05) is 19.2 Å². The molecule has 0 saturated heterocycles. The molecule has 0 aliphatic heterocycles. The van der Waals surface area contributed by atoms with Crippen molar-refractivity contribution in [1.82, 2.24) is 10.3 Å². The molecule has 146 valence electrons. The molecule has 0 spiro atoms. The Labute approximate surface area is 167 Å². The molecule has 1 heterocycles. The highest BCUT2D eigenvalue weighted by Gasteiger charge is 2.22. The largest absolute Gasteiger partial charge is 0.383 e. The molecule has 3 aromatic rings. The highest BCUT2D eigenvalue weighted by atomic mass is 32.2. The predicted octanol–water partition coefficient (Wildman–Crippen LogP) is 2.99. The zero-order valence-electron chi connectivity index (χ0n) is 15.1. The molecular formula is C19H19N3O4S2. The Bertz CT molecular complexity index is 1040. The van der Waals surface area contributed by atoms with Crippen LogP contribution < -0.4 is 10.0 Å². The van der Waals surface area contributed by atoms with Gasteiger partial charge in [-0.25, -0.2) is 13.4 Å². The van der Waals surface area contributed by atoms with Crippen LogP contribution in [0.2, 0.25) is 0 Å². The van der Waals surface area contributed by atoms with Crippen LogP contribution in [0.3, 0.4) is 0 Å². The number of aromatic nitrogens is 1. The van der Waals surface area contributed by atoms with Crippen LogP contribution in [0.5, 0.6) is 0 Å². The summed E-state index contributed by atoms with van der Waals surface area (Å²) in [6.45, 7) is 0.714. The summed E-state index contributed by atoms with van der Waals surface area (Å²) in [4.78, 5) is 17.4. The second-order valence-corrected chi connectivity index (χ2v) is 8.41. The van der Waals surface area contributed by atoms with Gasteiger partial charge in [-0.3, -0.25) is 9.52 Å². The highest BCUT2D eigenvalue weighted by Crippen LogP contribution is 2.32. The van der Waals surface area contributed by atoms with E-state index in [0.29, 0.717) is 23.7 Å². The van der Waals surface area contributed by atoms with Gasteiger partial charge in [0.05, 0.1) is 17.2 Å². The van der Waals surface area contributed by atoms with Crippen LogP contribution in [0.1, 0.15) is 9.67 Å². The van der Waals surface area contributed by atoms with Gasteiger partial charge < -0.3 is 10.1 Å². The van der Waals surface area contributed by atoms with Crippen LogP contribution in [0.25, 0.3) is 11.3 Å². The Morgan fingerprint density at radius 1 is 1.07 bits per heavy atom. The second-order valence-electron chi connectivity index (χ2n) is 5.73. The van der Waals surface area contributed by atoms with Crippen LogP contribution in [-0.4, -0.2) is 39.6 Å². The van der Waals surface area contributed by atoms with E-state index < -0.39 is 10.0 Å². The van der Waals surface area contributed by atoms with E-state index in [1.165, 1.54) is 12.1 Å². The third kappa shape index (κ3) is 4.75. The Hall–Kier alpha value is -2.75. The third-order valence-corrected chi connectivity index (χ3v) is 6.20. The third-order valence-electron chi connectivity index (χ3n) is 3.75. The number of ether oxygens (including phenoxy) is 1. The first kappa shape index (κ1) is 20.0. The molecule has 1 aromatic heterocycles. The lowest BCUT2D eigenvalue weighted by Gasteiger charge is -2.04. The number of benzene rings is 2.